The van der Waals surface area contributed by atoms with Gasteiger partial charge >= 0.3 is 0 Å². The summed E-state index contributed by atoms with van der Waals surface area (Å²) in [5.41, 5.74) is 2.89. The number of nitrogens with one attached hydrogen (secondary N) is 1. The molecule has 0 saturated heterocycles. The van der Waals surface area contributed by atoms with E-state index in [-0.39, 0.29) is 23.6 Å². The van der Waals surface area contributed by atoms with Crippen molar-refractivity contribution >= 4 is 46.8 Å². The summed E-state index contributed by atoms with van der Waals surface area (Å²) in [4.78, 5) is 28.6. The van der Waals surface area contributed by atoms with Crippen molar-refractivity contribution in [3.8, 4) is 0 Å². The summed E-state index contributed by atoms with van der Waals surface area (Å²) in [5, 5.41) is 4.31. The molecule has 4 nitrogen and oxygen atoms in total. The Kier molecular flexibility index (Phi) is 10.5. The fourth-order valence-electron chi connectivity index (χ4n) is 3.67. The first-order valence-corrected chi connectivity index (χ1v) is 13.4. The zero-order valence-electron chi connectivity index (χ0n) is 19.9. The van der Waals surface area contributed by atoms with Gasteiger partial charge < -0.3 is 10.2 Å². The highest BCUT2D eigenvalue weighted by atomic mass is 35.5. The van der Waals surface area contributed by atoms with E-state index in [0.29, 0.717) is 28.8 Å². The predicted molar refractivity (Wildman–Crippen MR) is 147 cm³/mol. The molecule has 2 amide bonds. The van der Waals surface area contributed by atoms with Crippen molar-refractivity contribution in [2.45, 2.75) is 44.6 Å². The van der Waals surface area contributed by atoms with Crippen molar-refractivity contribution in [1.82, 2.24) is 10.2 Å². The highest BCUT2D eigenvalue weighted by Crippen LogP contribution is 2.23. The van der Waals surface area contributed by atoms with Crippen molar-refractivity contribution in [3.05, 3.63) is 106 Å². The molecule has 3 aromatic carbocycles. The molecule has 0 heterocycles. The topological polar surface area (TPSA) is 49.4 Å². The number of amides is 2. The molecular formula is C28H30Cl2N2O2S. The van der Waals surface area contributed by atoms with Crippen LogP contribution in [0, 0.1) is 0 Å². The summed E-state index contributed by atoms with van der Waals surface area (Å²) in [5.74, 6) is 0.583. The Morgan fingerprint density at radius 2 is 1.54 bits per heavy atom. The second-order valence-electron chi connectivity index (χ2n) is 8.60. The Balaban J connectivity index is 1.84. The van der Waals surface area contributed by atoms with Crippen molar-refractivity contribution in [1.29, 1.82) is 0 Å². The highest BCUT2D eigenvalue weighted by Gasteiger charge is 2.30. The van der Waals surface area contributed by atoms with Crippen LogP contribution >= 0.6 is 35.0 Å². The minimum atomic E-state index is -0.649. The number of halogens is 2. The Hall–Kier alpha value is -2.47. The van der Waals surface area contributed by atoms with Crippen LogP contribution in [-0.4, -0.2) is 34.6 Å². The van der Waals surface area contributed by atoms with Gasteiger partial charge in [0.05, 0.1) is 5.75 Å². The molecule has 0 aromatic heterocycles. The number of hydrogen-bond donors (Lipinski definition) is 1. The number of nitrogens with zero attached hydrogens (tertiary/aromatic N) is 1. The Labute approximate surface area is 222 Å². The molecule has 3 aromatic rings. The summed E-state index contributed by atoms with van der Waals surface area (Å²) in [6.45, 7) is 4.15. The fraction of sp³-hybridized carbons (Fsp3) is 0.286. The number of carbonyl (C=O) groups is 2. The van der Waals surface area contributed by atoms with Crippen molar-refractivity contribution in [2.24, 2.45) is 0 Å². The van der Waals surface area contributed by atoms with Gasteiger partial charge in [0.15, 0.2) is 0 Å². The van der Waals surface area contributed by atoms with E-state index in [4.69, 9.17) is 23.2 Å². The molecule has 0 fully saturated rings. The van der Waals surface area contributed by atoms with Gasteiger partial charge in [-0.25, -0.2) is 0 Å². The van der Waals surface area contributed by atoms with E-state index in [1.165, 1.54) is 11.8 Å². The van der Waals surface area contributed by atoms with E-state index >= 15 is 0 Å². The summed E-state index contributed by atoms with van der Waals surface area (Å²) < 4.78 is 0. The van der Waals surface area contributed by atoms with Gasteiger partial charge in [0.1, 0.15) is 6.04 Å². The summed E-state index contributed by atoms with van der Waals surface area (Å²) >= 11 is 13.8. The normalized spacial score (nSPS) is 11.8. The molecule has 0 bridgehead atoms. The second kappa shape index (κ2) is 13.6. The molecule has 1 N–H and O–H groups in total. The molecule has 0 unspecified atom stereocenters. The van der Waals surface area contributed by atoms with Gasteiger partial charge in [-0.1, -0.05) is 83.9 Å². The third kappa shape index (κ3) is 8.60. The summed E-state index contributed by atoms with van der Waals surface area (Å²) in [6, 6.07) is 24.1. The van der Waals surface area contributed by atoms with Gasteiger partial charge in [-0.15, -0.1) is 11.8 Å². The van der Waals surface area contributed by atoms with E-state index < -0.39 is 6.04 Å². The number of hydrogen-bond acceptors (Lipinski definition) is 3. The maximum atomic E-state index is 13.6. The molecule has 0 aliphatic rings. The van der Waals surface area contributed by atoms with Crippen LogP contribution in [0.5, 0.6) is 0 Å². The van der Waals surface area contributed by atoms with Gasteiger partial charge in [-0.05, 0) is 48.7 Å². The first kappa shape index (κ1) is 27.1. The van der Waals surface area contributed by atoms with Crippen LogP contribution in [0.25, 0.3) is 0 Å². The molecule has 0 spiro atoms. The lowest BCUT2D eigenvalue weighted by atomic mass is 10.0. The third-order valence-electron chi connectivity index (χ3n) is 5.41. The Bertz CT molecular complexity index is 1110. The van der Waals surface area contributed by atoms with E-state index in [1.807, 2.05) is 80.6 Å². The molecular weight excluding hydrogens is 499 g/mol. The van der Waals surface area contributed by atoms with Crippen LogP contribution in [0.1, 0.15) is 30.5 Å². The molecule has 0 aliphatic heterocycles. The average molecular weight is 530 g/mol. The summed E-state index contributed by atoms with van der Waals surface area (Å²) in [7, 11) is 0. The standard InChI is InChI=1S/C28H30Cl2N2O2S/c1-20(2)31-28(34)26(16-21-8-4-3-5-9-21)32(17-22-12-14-24(29)15-13-22)27(33)19-35-18-23-10-6-7-11-25(23)30/h3-15,20,26H,16-19H2,1-2H3,(H,31,34)/t26-/m1/s1. The molecule has 1 atom stereocenters. The Morgan fingerprint density at radius 3 is 2.20 bits per heavy atom. The summed E-state index contributed by atoms with van der Waals surface area (Å²) in [6.07, 6.45) is 0.425. The average Bonchev–Trinajstić information content (AvgIpc) is 2.84. The molecule has 7 heteroatoms. The number of carbonyl (C=O) groups excluding carboxylic acids is 2. The monoisotopic (exact) mass is 528 g/mol. The number of rotatable bonds is 11. The largest absolute Gasteiger partial charge is 0.352 e. The van der Waals surface area contributed by atoms with Crippen molar-refractivity contribution < 1.29 is 9.59 Å². The lowest BCUT2D eigenvalue weighted by Gasteiger charge is -2.32. The molecule has 0 aliphatic carbocycles. The van der Waals surface area contributed by atoms with Gasteiger partial charge in [-0.3, -0.25) is 9.59 Å². The Morgan fingerprint density at radius 1 is 0.886 bits per heavy atom. The maximum absolute atomic E-state index is 13.6. The zero-order valence-corrected chi connectivity index (χ0v) is 22.2. The smallest absolute Gasteiger partial charge is 0.243 e. The highest BCUT2D eigenvalue weighted by molar-refractivity contribution is 7.99. The lowest BCUT2D eigenvalue weighted by molar-refractivity contribution is -0.139. The molecule has 0 saturated carbocycles. The van der Waals surface area contributed by atoms with Crippen molar-refractivity contribution in [2.75, 3.05) is 5.75 Å². The SMILES string of the molecule is CC(C)NC(=O)[C@@H](Cc1ccccc1)N(Cc1ccc(Cl)cc1)C(=O)CSCc1ccccc1Cl. The minimum Gasteiger partial charge on any atom is -0.352 e. The van der Waals surface area contributed by atoms with Crippen LogP contribution in [0.3, 0.4) is 0 Å². The molecule has 0 radical (unpaired) electrons. The van der Waals surface area contributed by atoms with E-state index in [1.54, 1.807) is 17.0 Å². The van der Waals surface area contributed by atoms with Crippen LogP contribution in [-0.2, 0) is 28.3 Å². The zero-order chi connectivity index (χ0) is 25.2. The third-order valence-corrected chi connectivity index (χ3v) is 7.00. The van der Waals surface area contributed by atoms with E-state index in [0.717, 1.165) is 16.7 Å². The maximum Gasteiger partial charge on any atom is 0.243 e. The van der Waals surface area contributed by atoms with Gasteiger partial charge in [0.25, 0.3) is 0 Å². The van der Waals surface area contributed by atoms with Crippen LogP contribution in [0.15, 0.2) is 78.9 Å². The molecule has 184 valence electrons. The first-order valence-electron chi connectivity index (χ1n) is 11.5. The van der Waals surface area contributed by atoms with Gasteiger partial charge in [0, 0.05) is 34.8 Å². The fourth-order valence-corrected chi connectivity index (χ4v) is 4.99. The lowest BCUT2D eigenvalue weighted by Crippen LogP contribution is -2.52. The van der Waals surface area contributed by atoms with Crippen LogP contribution in [0.4, 0.5) is 0 Å². The van der Waals surface area contributed by atoms with E-state index in [9.17, 15) is 9.59 Å². The number of benzene rings is 3. The minimum absolute atomic E-state index is 0.0390. The van der Waals surface area contributed by atoms with Crippen LogP contribution < -0.4 is 5.32 Å². The van der Waals surface area contributed by atoms with Crippen molar-refractivity contribution in [3.63, 3.8) is 0 Å². The first-order chi connectivity index (χ1) is 16.8. The predicted octanol–water partition coefficient (Wildman–Crippen LogP) is 6.39. The quantitative estimate of drug-likeness (QED) is 0.313. The van der Waals surface area contributed by atoms with E-state index in [2.05, 4.69) is 5.32 Å². The van der Waals surface area contributed by atoms with Gasteiger partial charge in [0.2, 0.25) is 11.8 Å². The second-order valence-corrected chi connectivity index (χ2v) is 10.4. The van der Waals surface area contributed by atoms with Gasteiger partial charge in [-0.2, -0.15) is 0 Å². The van der Waals surface area contributed by atoms with Crippen LogP contribution in [0.2, 0.25) is 10.0 Å². The molecule has 3 rings (SSSR count). The number of thioether (sulfide) groups is 1. The molecule has 35 heavy (non-hydrogen) atoms.